The van der Waals surface area contributed by atoms with Gasteiger partial charge in [0.15, 0.2) is 0 Å². The van der Waals surface area contributed by atoms with E-state index in [2.05, 4.69) is 0 Å². The SMILES string of the molecule is C.N.N.[NH4+].[NH]=[Ti].[Ti]. The fourth-order valence-corrected chi connectivity index (χ4v) is 0. The Labute approximate surface area is 71.5 Å². The second kappa shape index (κ2) is 216. The van der Waals surface area contributed by atoms with Gasteiger partial charge in [0.1, 0.15) is 0 Å². The minimum Gasteiger partial charge on any atom is 0 e. The summed E-state index contributed by atoms with van der Waals surface area (Å²) in [5.41, 5.74) is 0. The Morgan fingerprint density at radius 2 is 1.00 bits per heavy atom. The van der Waals surface area contributed by atoms with E-state index in [4.69, 9.17) is 3.83 Å². The van der Waals surface area contributed by atoms with Crippen LogP contribution < -0.4 is 18.5 Å². The van der Waals surface area contributed by atoms with Crippen LogP contribution in [0.25, 0.3) is 0 Å². The zero-order valence-corrected chi connectivity index (χ0v) is 7.04. The van der Waals surface area contributed by atoms with Crippen molar-refractivity contribution in [3.8, 4) is 0 Å². The van der Waals surface area contributed by atoms with Gasteiger partial charge in [-0.3, -0.25) is 0 Å². The molecule has 0 atom stereocenters. The van der Waals surface area contributed by atoms with E-state index in [0.29, 0.717) is 0 Å². The third-order valence-corrected chi connectivity index (χ3v) is 0. The molecule has 4 nitrogen and oxygen atoms in total. The summed E-state index contributed by atoms with van der Waals surface area (Å²) < 4.78 is 5.75. The molecule has 0 aliphatic rings. The van der Waals surface area contributed by atoms with Crippen molar-refractivity contribution in [1.82, 2.24) is 18.5 Å². The molecule has 0 rings (SSSR count). The summed E-state index contributed by atoms with van der Waals surface area (Å²) in [5.74, 6) is 0. The second-order valence-corrected chi connectivity index (χ2v) is 0. The van der Waals surface area contributed by atoms with Gasteiger partial charge in [0.2, 0.25) is 0 Å². The van der Waals surface area contributed by atoms with E-state index < -0.39 is 0 Å². The fraction of sp³-hybridized carbons (Fsp3) is 1.00. The minimum atomic E-state index is 0. The molecule has 0 aromatic heterocycles. The Balaban J connectivity index is -0.000000000500. The molecule has 0 aromatic rings. The van der Waals surface area contributed by atoms with Crippen LogP contribution in [0.3, 0.4) is 0 Å². The molecule has 11 N–H and O–H groups in total. The van der Waals surface area contributed by atoms with Gasteiger partial charge < -0.3 is 18.5 Å². The van der Waals surface area contributed by atoms with E-state index in [-0.39, 0.29) is 47.6 Å². The predicted molar refractivity (Wildman–Crippen MR) is 25.5 cm³/mol. The molecule has 0 aliphatic heterocycles. The molecular weight excluding hydrogens is 164 g/mol. The maximum absolute atomic E-state index is 5.75. The van der Waals surface area contributed by atoms with Gasteiger partial charge in [0, 0.05) is 21.7 Å². The normalized spacial score (nSPS) is 0.429. The first-order valence-electron chi connectivity index (χ1n) is 0.250. The Morgan fingerprint density at radius 1 is 1.00 bits per heavy atom. The van der Waals surface area contributed by atoms with E-state index >= 15 is 0 Å². The van der Waals surface area contributed by atoms with Gasteiger partial charge in [-0.2, -0.15) is 0 Å². The van der Waals surface area contributed by atoms with Crippen molar-refractivity contribution in [2.75, 3.05) is 0 Å². The maximum Gasteiger partial charge on any atom is 0 e. The average molecular weight is 179 g/mol. The number of hydrogen-bond acceptors (Lipinski definition) is 3. The van der Waals surface area contributed by atoms with Crippen LogP contribution in [0.1, 0.15) is 7.43 Å². The zero-order valence-electron chi connectivity index (χ0n) is 3.91. The molecule has 0 heterocycles. The largest absolute Gasteiger partial charge is 0 e. The van der Waals surface area contributed by atoms with Crippen molar-refractivity contribution in [1.29, 1.82) is 3.83 Å². The molecule has 0 amide bonds. The van der Waals surface area contributed by atoms with Crippen molar-refractivity contribution in [3.05, 3.63) is 0 Å². The molecule has 0 aliphatic carbocycles. The zero-order chi connectivity index (χ0) is 2.00. The van der Waals surface area contributed by atoms with Crippen LogP contribution in [0.15, 0.2) is 0 Å². The monoisotopic (exact) mass is 179 g/mol. The molecule has 6 heteroatoms. The summed E-state index contributed by atoms with van der Waals surface area (Å²) in [4.78, 5) is 0. The quantitative estimate of drug-likeness (QED) is 0.421. The van der Waals surface area contributed by atoms with Crippen molar-refractivity contribution >= 4 is 0 Å². The summed E-state index contributed by atoms with van der Waals surface area (Å²) in [6, 6.07) is 0. The van der Waals surface area contributed by atoms with Gasteiger partial charge in [-0.15, -0.1) is 0 Å². The van der Waals surface area contributed by atoms with Gasteiger partial charge in [-0.25, -0.2) is 0 Å². The topological polar surface area (TPSA) is 130 Å². The third kappa shape index (κ3) is 151. The van der Waals surface area contributed by atoms with E-state index in [1.165, 1.54) is 20.3 Å². The Bertz CT molecular complexity index is 9.65. The van der Waals surface area contributed by atoms with E-state index in [9.17, 15) is 0 Å². The van der Waals surface area contributed by atoms with Crippen LogP contribution >= 0.6 is 0 Å². The van der Waals surface area contributed by atoms with Gasteiger partial charge in [0.05, 0.1) is 0 Å². The van der Waals surface area contributed by atoms with Crippen molar-refractivity contribution in [2.45, 2.75) is 7.43 Å². The van der Waals surface area contributed by atoms with Crippen molar-refractivity contribution in [3.63, 3.8) is 0 Å². The van der Waals surface area contributed by atoms with Crippen LogP contribution in [0, 0.1) is 3.83 Å². The van der Waals surface area contributed by atoms with Crippen LogP contribution in [0.5, 0.6) is 0 Å². The predicted octanol–water partition coefficient (Wildman–Crippen LogP) is 1.63. The maximum atomic E-state index is 5.75. The van der Waals surface area contributed by atoms with E-state index in [0.717, 1.165) is 0 Å². The Kier molecular flexibility index (Phi) is 2840. The second-order valence-electron chi connectivity index (χ2n) is 0. The first kappa shape index (κ1) is 92.2. The molecule has 0 saturated carbocycles. The first-order chi connectivity index (χ1) is 1.00. The van der Waals surface area contributed by atoms with Crippen LogP contribution in [0.2, 0.25) is 0 Å². The van der Waals surface area contributed by atoms with Crippen LogP contribution in [-0.2, 0) is 42.0 Å². The molecule has 0 bridgehead atoms. The van der Waals surface area contributed by atoms with Gasteiger partial charge in [-0.05, 0) is 0 Å². The number of nitrogens with one attached hydrogen (secondary N) is 1. The fourth-order valence-electron chi connectivity index (χ4n) is 0. The third-order valence-electron chi connectivity index (χ3n) is 0. The molecule has 0 spiro atoms. The summed E-state index contributed by atoms with van der Waals surface area (Å²) in [5, 5.41) is 0. The van der Waals surface area contributed by atoms with E-state index in [1.54, 1.807) is 0 Å². The molecule has 0 saturated heterocycles. The average Bonchev–Trinajstić information content (AvgIpc) is 1.00. The minimum absolute atomic E-state index is 0. The summed E-state index contributed by atoms with van der Waals surface area (Å²) >= 11 is 1.25. The molecule has 0 unspecified atom stereocenters. The molecule has 0 aromatic carbocycles. The molecule has 0 radical (unpaired) electrons. The summed E-state index contributed by atoms with van der Waals surface area (Å²) in [6.07, 6.45) is 0. The van der Waals surface area contributed by atoms with Gasteiger partial charge >= 0.3 is 24.1 Å². The van der Waals surface area contributed by atoms with Crippen LogP contribution in [0.4, 0.5) is 0 Å². The summed E-state index contributed by atoms with van der Waals surface area (Å²) in [6.45, 7) is 0. The molecular formula is CH15N4Ti2+. The Hall–Kier alpha value is 1.11. The number of quaternary nitrogens is 1. The Morgan fingerprint density at radius 3 is 1.00 bits per heavy atom. The van der Waals surface area contributed by atoms with Gasteiger partial charge in [0.25, 0.3) is 0 Å². The van der Waals surface area contributed by atoms with Crippen molar-refractivity contribution < 1.29 is 42.0 Å². The number of hydrogen-bond donors (Lipinski definition) is 4. The first-order valence-corrected chi connectivity index (χ1v) is 1.03. The van der Waals surface area contributed by atoms with Crippen molar-refractivity contribution in [2.24, 2.45) is 0 Å². The smallest absolute Gasteiger partial charge is 0 e. The van der Waals surface area contributed by atoms with Gasteiger partial charge in [-0.1, -0.05) is 7.43 Å². The van der Waals surface area contributed by atoms with E-state index in [1.807, 2.05) is 0 Å². The standard InChI is InChI=1S/CH4.3H3N.HN.2Ti/h1H4;3*1H3;1H;;/p+1. The molecule has 0 fully saturated rings. The number of rotatable bonds is 0. The molecule has 7 heavy (non-hydrogen) atoms. The summed E-state index contributed by atoms with van der Waals surface area (Å²) in [7, 11) is 0. The van der Waals surface area contributed by atoms with Crippen LogP contribution in [-0.4, -0.2) is 0 Å². The molecule has 46 valence electrons.